The van der Waals surface area contributed by atoms with E-state index in [2.05, 4.69) is 41.8 Å². The zero-order chi connectivity index (χ0) is 28.5. The fraction of sp³-hybridized carbons (Fsp3) is 0.375. The smallest absolute Gasteiger partial charge is 1.00 e. The van der Waals surface area contributed by atoms with Gasteiger partial charge in [-0.05, 0) is 55.2 Å². The summed E-state index contributed by atoms with van der Waals surface area (Å²) < 4.78 is 1.62. The van der Waals surface area contributed by atoms with Crippen LogP contribution in [0.2, 0.25) is 0 Å². The number of carbonyl (C=O) groups is 1. The molecule has 0 aromatic heterocycles. The van der Waals surface area contributed by atoms with Gasteiger partial charge in [0.25, 0.3) is 0 Å². The van der Waals surface area contributed by atoms with Crippen LogP contribution in [0.15, 0.2) is 55.3 Å². The molecule has 10 nitrogen and oxygen atoms in total. The molecule has 0 spiro atoms. The third-order valence-electron chi connectivity index (χ3n) is 3.56. The van der Waals surface area contributed by atoms with Crippen LogP contribution in [0.5, 0.6) is 11.5 Å². The summed E-state index contributed by atoms with van der Waals surface area (Å²) in [6.45, 7) is 1.69. The third-order valence-corrected chi connectivity index (χ3v) is 4.55. The van der Waals surface area contributed by atoms with Crippen LogP contribution in [0.4, 0.5) is 0 Å². The number of aliphatic hydroxyl groups excluding tert-OH is 2. The Bertz CT molecular complexity index is 842. The molecule has 2 rings (SSSR count). The van der Waals surface area contributed by atoms with Gasteiger partial charge in [-0.25, -0.2) is 0 Å². The zero-order valence-corrected chi connectivity index (χ0v) is 28.8. The Morgan fingerprint density at radius 2 is 1.13 bits per heavy atom. The van der Waals surface area contributed by atoms with Crippen molar-refractivity contribution >= 4 is 50.3 Å². The van der Waals surface area contributed by atoms with Gasteiger partial charge in [-0.2, -0.15) is 7.11 Å². The molecule has 0 heterocycles. The normalized spacial score (nSPS) is 9.69. The molecular formula is C24H31Br3Mn2N2O8. The number of benzene rings is 2. The Balaban J connectivity index is -0.000000185. The third kappa shape index (κ3) is 30.0. The first-order chi connectivity index (χ1) is 17.2. The summed E-state index contributed by atoms with van der Waals surface area (Å²) in [6.07, 6.45) is 2.96. The maximum Gasteiger partial charge on any atom is 3.00 e. The van der Waals surface area contributed by atoms with Crippen molar-refractivity contribution in [3.05, 3.63) is 56.5 Å². The van der Waals surface area contributed by atoms with E-state index in [-0.39, 0.29) is 62.6 Å². The van der Waals surface area contributed by atoms with Gasteiger partial charge in [0.2, 0.25) is 0 Å². The molecular weight excluding hydrogens is 794 g/mol. The number of rotatable bonds is 8. The van der Waals surface area contributed by atoms with Crippen molar-refractivity contribution in [1.82, 2.24) is 0 Å². The van der Waals surface area contributed by atoms with Crippen LogP contribution < -0.4 is 42.5 Å². The average molecular weight is 825 g/mol. The number of carboxylic acids is 1. The molecule has 0 unspecified atom stereocenters. The SMILES string of the molecule is CC(=O)[O-].CO.CO.C[O-].[Br-].[Mn+3].[Mn+3].[O-]c1ccc(Br)cc1C=NCCC([O-])CCN=Cc1cc(Br)ccc1[O-]. The maximum absolute atomic E-state index is 11.9. The minimum Gasteiger partial charge on any atom is -1.00 e. The summed E-state index contributed by atoms with van der Waals surface area (Å²) in [4.78, 5) is 17.2. The van der Waals surface area contributed by atoms with Crippen LogP contribution in [-0.2, 0) is 38.9 Å². The number of hydrogen-bond acceptors (Lipinski definition) is 10. The van der Waals surface area contributed by atoms with Crippen molar-refractivity contribution in [2.75, 3.05) is 34.4 Å². The van der Waals surface area contributed by atoms with E-state index in [1.54, 1.807) is 24.3 Å². The monoisotopic (exact) mass is 822 g/mol. The van der Waals surface area contributed by atoms with Crippen LogP contribution in [0.1, 0.15) is 30.9 Å². The minimum absolute atomic E-state index is 0. The van der Waals surface area contributed by atoms with E-state index in [0.717, 1.165) is 37.2 Å². The molecule has 0 fully saturated rings. The predicted octanol–water partition coefficient (Wildman–Crippen LogP) is -3.65. The topological polar surface area (TPSA) is 198 Å². The molecule has 0 bridgehead atoms. The van der Waals surface area contributed by atoms with Gasteiger partial charge in [0.15, 0.2) is 0 Å². The van der Waals surface area contributed by atoms with Crippen LogP contribution in [0.25, 0.3) is 0 Å². The van der Waals surface area contributed by atoms with E-state index in [9.17, 15) is 15.3 Å². The molecule has 2 N–H and O–H groups in total. The number of hydrogen-bond donors (Lipinski definition) is 2. The standard InChI is InChI=1S/C19H19Br2N2O3.C2H4O2.2CH4O.CH3O.BrH.2Mn/c20-15-1-3-18(25)13(9-15)11-22-7-5-17(24)6-8-23-12-14-10-16(21)2-4-19(14)26;1-2(3)4;3*1-2;;;/h1-4,9-12,17,25-26H,5-8H2;1H3,(H,3,4);2*2H,1H3;1H3;1H;;/q-1;;;;-1;;2*+3/p-4. The average Bonchev–Trinajstić information content (AvgIpc) is 2.87. The van der Waals surface area contributed by atoms with Crippen LogP contribution >= 0.6 is 31.9 Å². The second kappa shape index (κ2) is 35.2. The van der Waals surface area contributed by atoms with E-state index in [4.69, 9.17) is 25.2 Å². The van der Waals surface area contributed by atoms with Crippen molar-refractivity contribution in [1.29, 1.82) is 0 Å². The van der Waals surface area contributed by atoms with Gasteiger partial charge in [0, 0.05) is 54.7 Å². The van der Waals surface area contributed by atoms with Crippen molar-refractivity contribution < 1.29 is 91.7 Å². The van der Waals surface area contributed by atoms with Crippen molar-refractivity contribution in [3.63, 3.8) is 0 Å². The number of aliphatic carboxylic acids is 1. The van der Waals surface area contributed by atoms with Crippen LogP contribution in [-0.4, -0.2) is 69.1 Å². The first-order valence-electron chi connectivity index (χ1n) is 10.3. The summed E-state index contributed by atoms with van der Waals surface area (Å²) in [6, 6.07) is 9.69. The molecule has 0 aliphatic rings. The van der Waals surface area contributed by atoms with Gasteiger partial charge in [0.05, 0.1) is 0 Å². The fourth-order valence-corrected chi connectivity index (χ4v) is 2.91. The molecule has 0 saturated heterocycles. The molecule has 0 atom stereocenters. The summed E-state index contributed by atoms with van der Waals surface area (Å²) in [5, 5.41) is 66.3. The van der Waals surface area contributed by atoms with E-state index >= 15 is 0 Å². The van der Waals surface area contributed by atoms with Gasteiger partial charge in [-0.3, -0.25) is 9.98 Å². The molecule has 0 radical (unpaired) electrons. The Morgan fingerprint density at radius 3 is 1.41 bits per heavy atom. The summed E-state index contributed by atoms with van der Waals surface area (Å²) >= 11 is 6.61. The number of carbonyl (C=O) groups excluding carboxylic acids is 1. The number of nitrogens with zero attached hydrogens (tertiary/aromatic N) is 2. The molecule has 220 valence electrons. The molecule has 2 aromatic carbocycles. The van der Waals surface area contributed by atoms with Gasteiger partial charge in [0.1, 0.15) is 0 Å². The molecule has 2 aromatic rings. The second-order valence-corrected chi connectivity index (χ2v) is 7.96. The maximum atomic E-state index is 11.9. The largest absolute Gasteiger partial charge is 3.00 e. The first-order valence-corrected chi connectivity index (χ1v) is 11.8. The summed E-state index contributed by atoms with van der Waals surface area (Å²) in [7, 11) is 2.75. The first kappa shape index (κ1) is 51.0. The van der Waals surface area contributed by atoms with Crippen molar-refractivity contribution in [2.45, 2.75) is 25.9 Å². The van der Waals surface area contributed by atoms with Gasteiger partial charge in [-0.15, -0.1) is 6.10 Å². The second-order valence-electron chi connectivity index (χ2n) is 6.13. The summed E-state index contributed by atoms with van der Waals surface area (Å²) in [5.41, 5.74) is 0.989. The molecule has 0 saturated carbocycles. The molecule has 15 heteroatoms. The van der Waals surface area contributed by atoms with E-state index in [1.807, 2.05) is 0 Å². The molecule has 0 amide bonds. The van der Waals surface area contributed by atoms with Crippen LogP contribution in [0.3, 0.4) is 0 Å². The van der Waals surface area contributed by atoms with Gasteiger partial charge in [-0.1, -0.05) is 55.5 Å². The number of halogens is 3. The van der Waals surface area contributed by atoms with E-state index in [0.29, 0.717) is 37.1 Å². The number of carboxylic acid groups (broad SMARTS) is 1. The Morgan fingerprint density at radius 1 is 0.846 bits per heavy atom. The predicted molar refractivity (Wildman–Crippen MR) is 138 cm³/mol. The zero-order valence-electron chi connectivity index (χ0n) is 21.7. The number of aliphatic hydroxyl groups is 2. The minimum atomic E-state index is -1.08. The van der Waals surface area contributed by atoms with E-state index in [1.165, 1.54) is 24.6 Å². The number of aliphatic imine (C=N–C) groups is 2. The quantitative estimate of drug-likeness (QED) is 0.201. The fourth-order valence-electron chi connectivity index (χ4n) is 2.15. The van der Waals surface area contributed by atoms with E-state index < -0.39 is 12.1 Å². The van der Waals surface area contributed by atoms with Crippen LogP contribution in [0, 0.1) is 0 Å². The summed E-state index contributed by atoms with van der Waals surface area (Å²) in [5.74, 6) is -1.29. The Kier molecular flexibility index (Phi) is 46.0. The van der Waals surface area contributed by atoms with Gasteiger partial charge >= 0.3 is 34.1 Å². The van der Waals surface area contributed by atoms with Gasteiger partial charge < -0.3 is 57.5 Å². The Hall–Kier alpha value is -0.831. The Labute approximate surface area is 278 Å². The molecule has 0 aliphatic carbocycles. The van der Waals surface area contributed by atoms with Crippen molar-refractivity contribution in [3.8, 4) is 11.5 Å². The molecule has 0 aliphatic heterocycles. The molecule has 39 heavy (non-hydrogen) atoms. The van der Waals surface area contributed by atoms with Crippen molar-refractivity contribution in [2.24, 2.45) is 9.98 Å².